The maximum Gasteiger partial charge on any atom is 0.257 e. The Morgan fingerprint density at radius 1 is 1.11 bits per heavy atom. The Morgan fingerprint density at radius 2 is 1.79 bits per heavy atom. The van der Waals surface area contributed by atoms with Gasteiger partial charge in [-0.15, -0.1) is 0 Å². The fourth-order valence-corrected chi connectivity index (χ4v) is 1.75. The number of nitrogens with zero attached hydrogens (tertiary/aromatic N) is 1. The molecule has 1 aromatic heterocycles. The van der Waals surface area contributed by atoms with Crippen LogP contribution in [-0.2, 0) is 5.41 Å². The first-order valence-electron chi connectivity index (χ1n) is 6.29. The Hall–Kier alpha value is -2.16. The number of anilines is 1. The van der Waals surface area contributed by atoms with E-state index in [4.69, 9.17) is 0 Å². The fraction of sp³-hybridized carbons (Fsp3) is 0.250. The summed E-state index contributed by atoms with van der Waals surface area (Å²) in [6.07, 6.45) is 3.20. The standard InChI is InChI=1S/C16H18N2O/c1-16(2,3)13-6-8-14(9-7-13)18-15(19)12-5-4-10-17-11-12/h4-11H,1-3H3,(H,18,19). The monoisotopic (exact) mass is 254 g/mol. The van der Waals surface area contributed by atoms with Crippen molar-refractivity contribution < 1.29 is 4.79 Å². The maximum absolute atomic E-state index is 11.9. The van der Waals surface area contributed by atoms with Gasteiger partial charge in [-0.05, 0) is 35.2 Å². The lowest BCUT2D eigenvalue weighted by Crippen LogP contribution is -2.13. The number of nitrogens with one attached hydrogen (secondary N) is 1. The third-order valence-electron chi connectivity index (χ3n) is 2.93. The van der Waals surface area contributed by atoms with Crippen LogP contribution in [0.3, 0.4) is 0 Å². The molecule has 3 heteroatoms. The average molecular weight is 254 g/mol. The highest BCUT2D eigenvalue weighted by Gasteiger charge is 2.13. The second-order valence-electron chi connectivity index (χ2n) is 5.52. The van der Waals surface area contributed by atoms with Crippen molar-refractivity contribution >= 4 is 11.6 Å². The first-order valence-corrected chi connectivity index (χ1v) is 6.29. The minimum atomic E-state index is -0.142. The molecule has 0 saturated heterocycles. The van der Waals surface area contributed by atoms with E-state index < -0.39 is 0 Å². The molecule has 19 heavy (non-hydrogen) atoms. The van der Waals surface area contributed by atoms with Crippen molar-refractivity contribution in [2.75, 3.05) is 5.32 Å². The number of hydrogen-bond acceptors (Lipinski definition) is 2. The second kappa shape index (κ2) is 5.22. The summed E-state index contributed by atoms with van der Waals surface area (Å²) in [6, 6.07) is 11.4. The average Bonchev–Trinajstić information content (AvgIpc) is 2.39. The molecule has 0 aliphatic carbocycles. The summed E-state index contributed by atoms with van der Waals surface area (Å²) < 4.78 is 0. The van der Waals surface area contributed by atoms with Gasteiger partial charge in [0.2, 0.25) is 0 Å². The summed E-state index contributed by atoms with van der Waals surface area (Å²) in [5.74, 6) is -0.142. The quantitative estimate of drug-likeness (QED) is 0.889. The van der Waals surface area contributed by atoms with E-state index in [9.17, 15) is 4.79 Å². The van der Waals surface area contributed by atoms with E-state index in [2.05, 4.69) is 31.1 Å². The van der Waals surface area contributed by atoms with Crippen molar-refractivity contribution in [3.63, 3.8) is 0 Å². The summed E-state index contributed by atoms with van der Waals surface area (Å²) in [7, 11) is 0. The second-order valence-corrected chi connectivity index (χ2v) is 5.52. The zero-order valence-electron chi connectivity index (χ0n) is 11.5. The molecule has 2 aromatic rings. The first-order chi connectivity index (χ1) is 8.97. The Labute approximate surface area is 113 Å². The minimum Gasteiger partial charge on any atom is -0.322 e. The molecule has 0 fully saturated rings. The van der Waals surface area contributed by atoms with Gasteiger partial charge in [0, 0.05) is 18.1 Å². The molecule has 1 amide bonds. The SMILES string of the molecule is CC(C)(C)c1ccc(NC(=O)c2cccnc2)cc1. The van der Waals surface area contributed by atoms with Gasteiger partial charge in [-0.3, -0.25) is 9.78 Å². The van der Waals surface area contributed by atoms with Crippen LogP contribution in [0.1, 0.15) is 36.7 Å². The summed E-state index contributed by atoms with van der Waals surface area (Å²) in [4.78, 5) is 15.9. The first kappa shape index (κ1) is 13.3. The molecule has 0 atom stereocenters. The molecule has 0 radical (unpaired) electrons. The molecular formula is C16H18N2O. The third kappa shape index (κ3) is 3.41. The lowest BCUT2D eigenvalue weighted by atomic mass is 9.87. The number of carbonyl (C=O) groups is 1. The van der Waals surface area contributed by atoms with Gasteiger partial charge in [-0.25, -0.2) is 0 Å². The van der Waals surface area contributed by atoms with Crippen molar-refractivity contribution in [2.45, 2.75) is 26.2 Å². The highest BCUT2D eigenvalue weighted by Crippen LogP contribution is 2.23. The molecule has 2 rings (SSSR count). The van der Waals surface area contributed by atoms with Crippen molar-refractivity contribution in [3.05, 3.63) is 59.9 Å². The number of aromatic nitrogens is 1. The van der Waals surface area contributed by atoms with Gasteiger partial charge in [-0.1, -0.05) is 32.9 Å². The van der Waals surface area contributed by atoms with Crippen LogP contribution in [0.25, 0.3) is 0 Å². The number of pyridine rings is 1. The minimum absolute atomic E-state index is 0.117. The van der Waals surface area contributed by atoms with Crippen LogP contribution in [0.2, 0.25) is 0 Å². The van der Waals surface area contributed by atoms with Crippen LogP contribution >= 0.6 is 0 Å². The maximum atomic E-state index is 11.9. The van der Waals surface area contributed by atoms with Gasteiger partial charge in [0.1, 0.15) is 0 Å². The van der Waals surface area contributed by atoms with Crippen LogP contribution < -0.4 is 5.32 Å². The third-order valence-corrected chi connectivity index (χ3v) is 2.93. The van der Waals surface area contributed by atoms with Gasteiger partial charge >= 0.3 is 0 Å². The zero-order valence-corrected chi connectivity index (χ0v) is 11.5. The van der Waals surface area contributed by atoms with Crippen LogP contribution in [0, 0.1) is 0 Å². The van der Waals surface area contributed by atoms with E-state index in [0.29, 0.717) is 5.56 Å². The Morgan fingerprint density at radius 3 is 2.32 bits per heavy atom. The van der Waals surface area contributed by atoms with Gasteiger partial charge in [0.05, 0.1) is 5.56 Å². The van der Waals surface area contributed by atoms with Gasteiger partial charge in [-0.2, -0.15) is 0 Å². The van der Waals surface area contributed by atoms with Crippen molar-refractivity contribution in [2.24, 2.45) is 0 Å². The van der Waals surface area contributed by atoms with E-state index in [0.717, 1.165) is 5.69 Å². The molecule has 0 bridgehead atoms. The van der Waals surface area contributed by atoms with Crippen LogP contribution in [-0.4, -0.2) is 10.9 Å². The number of amides is 1. The summed E-state index contributed by atoms with van der Waals surface area (Å²) in [5.41, 5.74) is 2.71. The van der Waals surface area contributed by atoms with Gasteiger partial charge in [0.25, 0.3) is 5.91 Å². The Balaban J connectivity index is 2.10. The normalized spacial score (nSPS) is 11.1. The zero-order chi connectivity index (χ0) is 13.9. The number of hydrogen-bond donors (Lipinski definition) is 1. The summed E-state index contributed by atoms with van der Waals surface area (Å²) >= 11 is 0. The van der Waals surface area contributed by atoms with Gasteiger partial charge < -0.3 is 5.32 Å². The molecule has 0 aliphatic rings. The van der Waals surface area contributed by atoms with Crippen molar-refractivity contribution in [1.29, 1.82) is 0 Å². The molecule has 0 aliphatic heterocycles. The van der Waals surface area contributed by atoms with Crippen LogP contribution in [0.5, 0.6) is 0 Å². The molecule has 1 N–H and O–H groups in total. The van der Waals surface area contributed by atoms with E-state index in [1.165, 1.54) is 5.56 Å². The largest absolute Gasteiger partial charge is 0.322 e. The predicted molar refractivity (Wildman–Crippen MR) is 77.3 cm³/mol. The number of benzene rings is 1. The van der Waals surface area contributed by atoms with E-state index in [-0.39, 0.29) is 11.3 Å². The number of rotatable bonds is 2. The molecule has 98 valence electrons. The molecule has 1 aromatic carbocycles. The lowest BCUT2D eigenvalue weighted by molar-refractivity contribution is 0.102. The topological polar surface area (TPSA) is 42.0 Å². The van der Waals surface area contributed by atoms with E-state index in [1.54, 1.807) is 24.5 Å². The van der Waals surface area contributed by atoms with Crippen LogP contribution in [0.4, 0.5) is 5.69 Å². The summed E-state index contributed by atoms with van der Waals surface area (Å²) in [5, 5.41) is 2.86. The fourth-order valence-electron chi connectivity index (χ4n) is 1.75. The highest BCUT2D eigenvalue weighted by atomic mass is 16.1. The molecule has 0 saturated carbocycles. The predicted octanol–water partition coefficient (Wildman–Crippen LogP) is 3.63. The van der Waals surface area contributed by atoms with Crippen molar-refractivity contribution in [1.82, 2.24) is 4.98 Å². The lowest BCUT2D eigenvalue weighted by Gasteiger charge is -2.19. The molecule has 0 spiro atoms. The van der Waals surface area contributed by atoms with Gasteiger partial charge in [0.15, 0.2) is 0 Å². The molecule has 3 nitrogen and oxygen atoms in total. The van der Waals surface area contributed by atoms with Crippen LogP contribution in [0.15, 0.2) is 48.8 Å². The number of carbonyl (C=O) groups excluding carboxylic acids is 1. The Bertz CT molecular complexity index is 554. The molecule has 1 heterocycles. The van der Waals surface area contributed by atoms with Crippen molar-refractivity contribution in [3.8, 4) is 0 Å². The molecular weight excluding hydrogens is 236 g/mol. The highest BCUT2D eigenvalue weighted by molar-refractivity contribution is 6.03. The van der Waals surface area contributed by atoms with E-state index in [1.807, 2.05) is 24.3 Å². The smallest absolute Gasteiger partial charge is 0.257 e. The summed E-state index contributed by atoms with van der Waals surface area (Å²) in [6.45, 7) is 6.49. The molecule has 0 unspecified atom stereocenters. The Kier molecular flexibility index (Phi) is 3.65. The van der Waals surface area contributed by atoms with E-state index >= 15 is 0 Å².